The maximum absolute atomic E-state index is 10.5. The van der Waals surface area contributed by atoms with Gasteiger partial charge in [-0.05, 0) is 12.8 Å². The molecule has 0 spiro atoms. The number of sulfonamides is 1. The molecular weight excluding hydrogens is 180 g/mol. The fraction of sp³-hybridized carbons (Fsp3) is 0.833. The van der Waals surface area contributed by atoms with E-state index in [0.717, 1.165) is 12.7 Å². The summed E-state index contributed by atoms with van der Waals surface area (Å²) >= 11 is 0. The van der Waals surface area contributed by atoms with Gasteiger partial charge in [0.2, 0.25) is 10.0 Å². The van der Waals surface area contributed by atoms with Crippen LogP contribution in [0.4, 0.5) is 0 Å². The molecule has 0 saturated heterocycles. The summed E-state index contributed by atoms with van der Waals surface area (Å²) in [6.45, 7) is 0.953. The molecule has 0 aromatic heterocycles. The third-order valence-corrected chi connectivity index (χ3v) is 1.89. The van der Waals surface area contributed by atoms with Crippen LogP contribution in [0, 0.1) is 0 Å². The summed E-state index contributed by atoms with van der Waals surface area (Å²) in [5.74, 6) is 0. The van der Waals surface area contributed by atoms with Crippen molar-refractivity contribution in [2.45, 2.75) is 12.8 Å². The first-order chi connectivity index (χ1) is 5.56. The van der Waals surface area contributed by atoms with E-state index in [2.05, 4.69) is 10.0 Å². The molecule has 2 N–H and O–H groups in total. The highest BCUT2D eigenvalue weighted by Crippen LogP contribution is 1.85. The summed E-state index contributed by atoms with van der Waals surface area (Å²) in [7, 11) is -3.06. The van der Waals surface area contributed by atoms with Crippen molar-refractivity contribution in [2.75, 3.05) is 19.3 Å². The molecule has 0 heterocycles. The zero-order valence-corrected chi connectivity index (χ0v) is 7.78. The minimum absolute atomic E-state index is 0.416. The van der Waals surface area contributed by atoms with E-state index in [-0.39, 0.29) is 0 Å². The van der Waals surface area contributed by atoms with Crippen LogP contribution in [0.3, 0.4) is 0 Å². The average molecular weight is 193 g/mol. The van der Waals surface area contributed by atoms with E-state index < -0.39 is 10.0 Å². The van der Waals surface area contributed by atoms with Gasteiger partial charge in [0.15, 0.2) is 0 Å². The molecule has 0 aliphatic rings. The summed E-state index contributed by atoms with van der Waals surface area (Å²) < 4.78 is 23.4. The van der Waals surface area contributed by atoms with Crippen LogP contribution in [0.15, 0.2) is 0 Å². The largest absolute Gasteiger partial charge is 0.348 e. The van der Waals surface area contributed by atoms with Crippen LogP contribution >= 0.6 is 0 Å². The van der Waals surface area contributed by atoms with Crippen molar-refractivity contribution >= 4 is 16.4 Å². The molecule has 0 bridgehead atoms. The molecular formula is C6H13N2O3S. The number of hydrogen-bond donors (Lipinski definition) is 2. The minimum Gasteiger partial charge on any atom is -0.348 e. The molecule has 0 aromatic carbocycles. The molecule has 0 aliphatic heterocycles. The van der Waals surface area contributed by atoms with Gasteiger partial charge in [-0.25, -0.2) is 13.1 Å². The summed E-state index contributed by atoms with van der Waals surface area (Å²) in [6, 6.07) is 0. The summed E-state index contributed by atoms with van der Waals surface area (Å²) in [4.78, 5) is 9.65. The molecule has 5 nitrogen and oxygen atoms in total. The number of rotatable bonds is 7. The molecule has 71 valence electrons. The van der Waals surface area contributed by atoms with Gasteiger partial charge >= 0.3 is 6.41 Å². The lowest BCUT2D eigenvalue weighted by Crippen LogP contribution is -2.23. The number of amides is 1. The number of nitrogens with one attached hydrogen (secondary N) is 2. The van der Waals surface area contributed by atoms with Crippen molar-refractivity contribution in [1.82, 2.24) is 10.0 Å². The van der Waals surface area contributed by atoms with Crippen LogP contribution < -0.4 is 10.0 Å². The van der Waals surface area contributed by atoms with Crippen molar-refractivity contribution in [3.63, 3.8) is 0 Å². The van der Waals surface area contributed by atoms with E-state index in [9.17, 15) is 13.2 Å². The van der Waals surface area contributed by atoms with Crippen LogP contribution in [0.2, 0.25) is 0 Å². The highest BCUT2D eigenvalue weighted by molar-refractivity contribution is 7.88. The standard InChI is InChI=1S/C6H13N2O3S/c1-12(10,11)8-5-3-2-4-7-6-9/h8H,2-5H2,1H3,(H,7,9). The first kappa shape index (κ1) is 11.4. The second kappa shape index (κ2) is 5.96. The first-order valence-corrected chi connectivity index (χ1v) is 5.50. The van der Waals surface area contributed by atoms with Crippen LogP contribution in [0.5, 0.6) is 0 Å². The molecule has 6 heteroatoms. The van der Waals surface area contributed by atoms with E-state index in [4.69, 9.17) is 0 Å². The monoisotopic (exact) mass is 193 g/mol. The van der Waals surface area contributed by atoms with Crippen molar-refractivity contribution < 1.29 is 13.2 Å². The zero-order chi connectivity index (χ0) is 9.45. The van der Waals surface area contributed by atoms with Gasteiger partial charge in [0.1, 0.15) is 0 Å². The topological polar surface area (TPSA) is 75.3 Å². The van der Waals surface area contributed by atoms with Crippen molar-refractivity contribution in [2.24, 2.45) is 0 Å². The van der Waals surface area contributed by atoms with E-state index in [0.29, 0.717) is 19.5 Å². The lowest BCUT2D eigenvalue weighted by molar-refractivity contribution is 0.537. The number of carbonyl (C=O) groups excluding carboxylic acids is 1. The molecule has 0 atom stereocenters. The number of unbranched alkanes of at least 4 members (excludes halogenated alkanes) is 1. The second-order valence-electron chi connectivity index (χ2n) is 2.40. The van der Waals surface area contributed by atoms with Gasteiger partial charge in [0.25, 0.3) is 0 Å². The molecule has 0 rings (SSSR count). The second-order valence-corrected chi connectivity index (χ2v) is 4.24. The Bertz CT molecular complexity index is 213. The Morgan fingerprint density at radius 3 is 2.33 bits per heavy atom. The Kier molecular flexibility index (Phi) is 5.65. The lowest BCUT2D eigenvalue weighted by Gasteiger charge is -2.00. The van der Waals surface area contributed by atoms with Gasteiger partial charge in [-0.3, -0.25) is 4.79 Å². The number of hydrogen-bond acceptors (Lipinski definition) is 3. The Labute approximate surface area is 72.6 Å². The van der Waals surface area contributed by atoms with Crippen LogP contribution in [0.25, 0.3) is 0 Å². The fourth-order valence-corrected chi connectivity index (χ4v) is 1.16. The van der Waals surface area contributed by atoms with Crippen LogP contribution in [-0.4, -0.2) is 34.2 Å². The van der Waals surface area contributed by atoms with Gasteiger partial charge in [0.05, 0.1) is 6.26 Å². The quantitative estimate of drug-likeness (QED) is 0.401. The SMILES string of the molecule is CS(=O)(=O)NCCCCN[C]=O. The predicted molar refractivity (Wildman–Crippen MR) is 45.8 cm³/mol. The molecule has 0 unspecified atom stereocenters. The smallest absolute Gasteiger partial charge is 0.309 e. The molecule has 0 aliphatic carbocycles. The highest BCUT2D eigenvalue weighted by atomic mass is 32.2. The molecule has 12 heavy (non-hydrogen) atoms. The maximum atomic E-state index is 10.5. The van der Waals surface area contributed by atoms with Gasteiger partial charge in [0, 0.05) is 13.1 Å². The Morgan fingerprint density at radius 2 is 1.83 bits per heavy atom. The minimum atomic E-state index is -3.06. The summed E-state index contributed by atoms with van der Waals surface area (Å²) in [5.41, 5.74) is 0. The Balaban J connectivity index is 3.17. The van der Waals surface area contributed by atoms with Crippen LogP contribution in [-0.2, 0) is 14.8 Å². The molecule has 1 radical (unpaired) electrons. The van der Waals surface area contributed by atoms with Crippen LogP contribution in [0.1, 0.15) is 12.8 Å². The van der Waals surface area contributed by atoms with E-state index in [1.807, 2.05) is 0 Å². The van der Waals surface area contributed by atoms with E-state index >= 15 is 0 Å². The average Bonchev–Trinajstić information content (AvgIpc) is 1.94. The Hall–Kier alpha value is -0.620. The van der Waals surface area contributed by atoms with Crippen molar-refractivity contribution in [1.29, 1.82) is 0 Å². The lowest BCUT2D eigenvalue weighted by atomic mass is 10.3. The molecule has 0 fully saturated rings. The Morgan fingerprint density at radius 1 is 1.25 bits per heavy atom. The molecule has 0 saturated carbocycles. The first-order valence-electron chi connectivity index (χ1n) is 3.61. The predicted octanol–water partition coefficient (Wildman–Crippen LogP) is -1.03. The van der Waals surface area contributed by atoms with Gasteiger partial charge in [-0.2, -0.15) is 0 Å². The van der Waals surface area contributed by atoms with Gasteiger partial charge in [-0.15, -0.1) is 0 Å². The normalized spacial score (nSPS) is 11.1. The summed E-state index contributed by atoms with van der Waals surface area (Å²) in [5, 5.41) is 2.36. The van der Waals surface area contributed by atoms with Gasteiger partial charge < -0.3 is 5.32 Å². The maximum Gasteiger partial charge on any atom is 0.309 e. The highest BCUT2D eigenvalue weighted by Gasteiger charge is 1.97. The summed E-state index contributed by atoms with van der Waals surface area (Å²) in [6.07, 6.45) is 4.11. The zero-order valence-electron chi connectivity index (χ0n) is 6.96. The van der Waals surface area contributed by atoms with E-state index in [1.165, 1.54) is 6.41 Å². The fourth-order valence-electron chi connectivity index (χ4n) is 0.647. The van der Waals surface area contributed by atoms with Gasteiger partial charge in [-0.1, -0.05) is 0 Å². The van der Waals surface area contributed by atoms with Crippen molar-refractivity contribution in [3.05, 3.63) is 0 Å². The molecule has 1 amide bonds. The van der Waals surface area contributed by atoms with Crippen molar-refractivity contribution in [3.8, 4) is 0 Å². The third kappa shape index (κ3) is 9.38. The van der Waals surface area contributed by atoms with E-state index in [1.54, 1.807) is 0 Å². The molecule has 0 aromatic rings. The third-order valence-electron chi connectivity index (χ3n) is 1.16.